The number of nitrogens with zero attached hydrogens (tertiary/aromatic N) is 1. The predicted octanol–water partition coefficient (Wildman–Crippen LogP) is 7.88. The third kappa shape index (κ3) is 4.38. The van der Waals surface area contributed by atoms with Crippen LogP contribution in [0.4, 0.5) is 5.69 Å². The van der Waals surface area contributed by atoms with E-state index in [4.69, 9.17) is 4.74 Å². The first-order valence-corrected chi connectivity index (χ1v) is 13.5. The molecule has 4 nitrogen and oxygen atoms in total. The fraction of sp³-hybridized carbons (Fsp3) is 0.143. The Morgan fingerprint density at radius 1 is 0.769 bits per heavy atom. The summed E-state index contributed by atoms with van der Waals surface area (Å²) >= 11 is 0. The fourth-order valence-electron chi connectivity index (χ4n) is 6.04. The van der Waals surface area contributed by atoms with Gasteiger partial charge in [-0.3, -0.25) is 9.78 Å². The van der Waals surface area contributed by atoms with Gasteiger partial charge in [-0.25, -0.2) is 0 Å². The maximum Gasteiger partial charge on any atom is 0.162 e. The van der Waals surface area contributed by atoms with E-state index in [1.165, 1.54) is 5.56 Å². The molecule has 39 heavy (non-hydrogen) atoms. The molecule has 2 aliphatic rings. The van der Waals surface area contributed by atoms with E-state index >= 15 is 0 Å². The van der Waals surface area contributed by atoms with Gasteiger partial charge in [-0.2, -0.15) is 0 Å². The summed E-state index contributed by atoms with van der Waals surface area (Å²) < 4.78 is 6.02. The number of aromatic nitrogens is 1. The molecular weight excluding hydrogens is 480 g/mol. The van der Waals surface area contributed by atoms with Crippen LogP contribution in [-0.2, 0) is 11.4 Å². The first-order chi connectivity index (χ1) is 19.2. The van der Waals surface area contributed by atoms with E-state index in [9.17, 15) is 4.79 Å². The van der Waals surface area contributed by atoms with Crippen LogP contribution >= 0.6 is 0 Å². The molecule has 1 N–H and O–H groups in total. The van der Waals surface area contributed by atoms with Crippen molar-refractivity contribution in [3.8, 4) is 5.75 Å². The molecule has 1 aliphatic heterocycles. The third-order valence-corrected chi connectivity index (χ3v) is 7.92. The van der Waals surface area contributed by atoms with Crippen LogP contribution in [0.5, 0.6) is 5.75 Å². The van der Waals surface area contributed by atoms with Gasteiger partial charge in [0, 0.05) is 34.8 Å². The van der Waals surface area contributed by atoms with E-state index in [1.807, 2.05) is 48.7 Å². The van der Waals surface area contributed by atoms with E-state index < -0.39 is 0 Å². The molecule has 0 bridgehead atoms. The maximum atomic E-state index is 13.9. The number of benzene rings is 4. The number of nitrogens with one attached hydrogen (secondary N) is 1. The summed E-state index contributed by atoms with van der Waals surface area (Å²) in [6.07, 6.45) is 3.16. The van der Waals surface area contributed by atoms with Gasteiger partial charge in [-0.05, 0) is 64.9 Å². The van der Waals surface area contributed by atoms with Crippen molar-refractivity contribution in [2.45, 2.75) is 31.4 Å². The van der Waals surface area contributed by atoms with Crippen molar-refractivity contribution in [1.29, 1.82) is 0 Å². The third-order valence-electron chi connectivity index (χ3n) is 7.92. The molecule has 2 heterocycles. The average molecular weight is 509 g/mol. The quantitative estimate of drug-likeness (QED) is 0.262. The number of ketones is 1. The zero-order valence-electron chi connectivity index (χ0n) is 21.5. The Kier molecular flexibility index (Phi) is 5.93. The van der Waals surface area contributed by atoms with Crippen molar-refractivity contribution in [1.82, 2.24) is 4.98 Å². The van der Waals surface area contributed by atoms with Gasteiger partial charge in [0.1, 0.15) is 12.4 Å². The maximum absolute atomic E-state index is 13.9. The normalized spacial score (nSPS) is 18.3. The van der Waals surface area contributed by atoms with Crippen molar-refractivity contribution < 1.29 is 9.53 Å². The van der Waals surface area contributed by atoms with Gasteiger partial charge in [0.05, 0.1) is 11.6 Å². The summed E-state index contributed by atoms with van der Waals surface area (Å²) in [6, 6.07) is 36.8. The second-order valence-electron chi connectivity index (χ2n) is 10.3. The van der Waals surface area contributed by atoms with Crippen LogP contribution in [-0.4, -0.2) is 10.8 Å². The van der Waals surface area contributed by atoms with E-state index in [2.05, 4.69) is 77.0 Å². The number of ether oxygens (including phenoxy) is 1. The Morgan fingerprint density at radius 2 is 1.54 bits per heavy atom. The SMILES string of the molecule is O=C1C[C@H](c2ccccc2)CC2=C1[C@@H](c1ccc(OCc3ccccc3)cc1)Nc1ccc3ncccc3c12. The molecule has 0 amide bonds. The first kappa shape index (κ1) is 23.4. The molecule has 7 rings (SSSR count). The van der Waals surface area contributed by atoms with Crippen LogP contribution in [0.25, 0.3) is 16.5 Å². The minimum absolute atomic E-state index is 0.157. The lowest BCUT2D eigenvalue weighted by atomic mass is 9.72. The summed E-state index contributed by atoms with van der Waals surface area (Å²) in [7, 11) is 0. The molecule has 1 aromatic heterocycles. The predicted molar refractivity (Wildman–Crippen MR) is 156 cm³/mol. The minimum Gasteiger partial charge on any atom is -0.489 e. The average Bonchev–Trinajstić information content (AvgIpc) is 3.00. The van der Waals surface area contributed by atoms with Crippen LogP contribution in [0.1, 0.15) is 47.1 Å². The molecule has 0 saturated heterocycles. The second kappa shape index (κ2) is 9.88. The Bertz CT molecular complexity index is 1690. The molecule has 1 aliphatic carbocycles. The monoisotopic (exact) mass is 508 g/mol. The molecule has 190 valence electrons. The van der Waals surface area contributed by atoms with Gasteiger partial charge < -0.3 is 10.1 Å². The zero-order valence-corrected chi connectivity index (χ0v) is 21.5. The summed E-state index contributed by atoms with van der Waals surface area (Å²) in [5.74, 6) is 1.17. The standard InChI is InChI=1S/C35H28N2O2/c38-32-21-26(24-10-5-2-6-11-24)20-29-33-28-12-7-19-36-30(28)17-18-31(33)37-35(34(29)32)25-13-15-27(16-14-25)39-22-23-8-3-1-4-9-23/h1-19,26,35,37H,20-22H2/t26-,35-/m1/s1. The van der Waals surface area contributed by atoms with Crippen molar-refractivity contribution in [3.05, 3.63) is 143 Å². The molecule has 5 aromatic rings. The van der Waals surface area contributed by atoms with Crippen LogP contribution in [0.3, 0.4) is 0 Å². The smallest absolute Gasteiger partial charge is 0.162 e. The van der Waals surface area contributed by atoms with Gasteiger partial charge >= 0.3 is 0 Å². The number of anilines is 1. The molecule has 0 unspecified atom stereocenters. The van der Waals surface area contributed by atoms with Gasteiger partial charge in [0.2, 0.25) is 0 Å². The highest BCUT2D eigenvalue weighted by Crippen LogP contribution is 2.50. The Hall–Kier alpha value is -4.70. The number of hydrogen-bond acceptors (Lipinski definition) is 4. The van der Waals surface area contributed by atoms with E-state index in [-0.39, 0.29) is 17.7 Å². The number of allylic oxidation sites excluding steroid dienone is 1. The van der Waals surface area contributed by atoms with Gasteiger partial charge in [-0.15, -0.1) is 0 Å². The van der Waals surface area contributed by atoms with Crippen LogP contribution in [0, 0.1) is 0 Å². The lowest BCUT2D eigenvalue weighted by Gasteiger charge is -2.37. The minimum atomic E-state index is -0.214. The van der Waals surface area contributed by atoms with E-state index in [0.29, 0.717) is 13.0 Å². The second-order valence-corrected chi connectivity index (χ2v) is 10.3. The van der Waals surface area contributed by atoms with E-state index in [1.54, 1.807) is 0 Å². The van der Waals surface area contributed by atoms with Crippen molar-refractivity contribution >= 4 is 27.9 Å². The Balaban J connectivity index is 1.28. The molecule has 2 atom stereocenters. The van der Waals surface area contributed by atoms with Crippen LogP contribution in [0.15, 0.2) is 121 Å². The molecule has 0 spiro atoms. The van der Waals surface area contributed by atoms with Gasteiger partial charge in [-0.1, -0.05) is 78.9 Å². The molecule has 0 saturated carbocycles. The first-order valence-electron chi connectivity index (χ1n) is 13.5. The van der Waals surface area contributed by atoms with Gasteiger partial charge in [0.15, 0.2) is 5.78 Å². The molecule has 0 fully saturated rings. The van der Waals surface area contributed by atoms with Crippen LogP contribution in [0.2, 0.25) is 0 Å². The number of pyridine rings is 1. The fourth-order valence-corrected chi connectivity index (χ4v) is 6.04. The summed E-state index contributed by atoms with van der Waals surface area (Å²) in [6.45, 7) is 0.519. The number of rotatable bonds is 5. The van der Waals surface area contributed by atoms with Crippen molar-refractivity contribution in [2.75, 3.05) is 5.32 Å². The molecule has 4 heteroatoms. The number of Topliss-reactive ketones (excluding diaryl/α,β-unsaturated/α-hetero) is 1. The highest BCUT2D eigenvalue weighted by Gasteiger charge is 2.38. The summed E-state index contributed by atoms with van der Waals surface area (Å²) in [4.78, 5) is 18.5. The highest BCUT2D eigenvalue weighted by atomic mass is 16.5. The van der Waals surface area contributed by atoms with Gasteiger partial charge in [0.25, 0.3) is 0 Å². The zero-order chi connectivity index (χ0) is 26.2. The number of hydrogen-bond donors (Lipinski definition) is 1. The highest BCUT2D eigenvalue weighted by molar-refractivity contribution is 6.12. The van der Waals surface area contributed by atoms with Crippen LogP contribution < -0.4 is 10.1 Å². The topological polar surface area (TPSA) is 51.2 Å². The summed E-state index contributed by atoms with van der Waals surface area (Å²) in [5.41, 5.74) is 8.52. The van der Waals surface area contributed by atoms with Crippen molar-refractivity contribution in [3.63, 3.8) is 0 Å². The molecule has 0 radical (unpaired) electrons. The largest absolute Gasteiger partial charge is 0.489 e. The number of carbonyl (C=O) groups excluding carboxylic acids is 1. The summed E-state index contributed by atoms with van der Waals surface area (Å²) in [5, 5.41) is 4.80. The molecule has 4 aromatic carbocycles. The van der Waals surface area contributed by atoms with Crippen molar-refractivity contribution in [2.24, 2.45) is 0 Å². The number of carbonyl (C=O) groups is 1. The molecular formula is C35H28N2O2. The number of fused-ring (bicyclic) bond motifs is 4. The lowest BCUT2D eigenvalue weighted by molar-refractivity contribution is -0.116. The Morgan fingerprint density at radius 3 is 2.33 bits per heavy atom. The lowest BCUT2D eigenvalue weighted by Crippen LogP contribution is -2.29. The van der Waals surface area contributed by atoms with E-state index in [0.717, 1.165) is 56.6 Å². The Labute approximate surface area is 228 Å².